The maximum Gasteiger partial charge on any atom is 0.328 e. The van der Waals surface area contributed by atoms with Crippen LogP contribution < -0.4 is 5.32 Å². The molecule has 11 nitrogen and oxygen atoms in total. The number of hydrogen-bond acceptors (Lipinski definition) is 9. The van der Waals surface area contributed by atoms with E-state index >= 15 is 0 Å². The summed E-state index contributed by atoms with van der Waals surface area (Å²) in [4.78, 5) is 23.9. The number of carboxylic acid groups (broad SMARTS) is 1. The molecule has 3 saturated heterocycles. The Balaban J connectivity index is 1.66. The summed E-state index contributed by atoms with van der Waals surface area (Å²) in [6.07, 6.45) is 7.74. The number of nitrogens with one attached hydrogen (secondary N) is 1. The molecule has 3 aliphatic rings. The lowest BCUT2D eigenvalue weighted by atomic mass is 9.75. The maximum absolute atomic E-state index is 13.3. The Bertz CT molecular complexity index is 1040. The van der Waals surface area contributed by atoms with Gasteiger partial charge in [0.2, 0.25) is 5.79 Å². The molecule has 3 heterocycles. The van der Waals surface area contributed by atoms with Gasteiger partial charge in [0.25, 0.3) is 5.91 Å². The second kappa shape index (κ2) is 14.9. The molecule has 42 heavy (non-hydrogen) atoms. The fourth-order valence-electron chi connectivity index (χ4n) is 5.59. The van der Waals surface area contributed by atoms with Crippen LogP contribution in [0.1, 0.15) is 53.4 Å². The first-order valence-corrected chi connectivity index (χ1v) is 14.4. The van der Waals surface area contributed by atoms with E-state index in [2.05, 4.69) is 25.7 Å². The van der Waals surface area contributed by atoms with E-state index in [4.69, 9.17) is 33.5 Å². The maximum atomic E-state index is 13.3. The Hall–Kier alpha value is -2.38. The molecule has 0 saturated carbocycles. The highest BCUT2D eigenvalue weighted by atomic mass is 16.7. The lowest BCUT2D eigenvalue weighted by Gasteiger charge is -2.51. The summed E-state index contributed by atoms with van der Waals surface area (Å²) in [5.74, 6) is -3.20. The summed E-state index contributed by atoms with van der Waals surface area (Å²) in [5.41, 5.74) is 0.570. The number of carbonyl (C=O) groups is 2. The number of ether oxygens (including phenoxy) is 6. The summed E-state index contributed by atoms with van der Waals surface area (Å²) in [6, 6.07) is 0. The third-order valence-corrected chi connectivity index (χ3v) is 8.47. The largest absolute Gasteiger partial charge is 0.478 e. The van der Waals surface area contributed by atoms with Crippen LogP contribution in [0.2, 0.25) is 0 Å². The minimum Gasteiger partial charge on any atom is -0.478 e. The average Bonchev–Trinajstić information content (AvgIpc) is 2.94. The number of amides is 1. The molecule has 0 aromatic rings. The van der Waals surface area contributed by atoms with Crippen LogP contribution in [0.3, 0.4) is 0 Å². The summed E-state index contributed by atoms with van der Waals surface area (Å²) in [6.45, 7) is 12.1. The zero-order valence-corrected chi connectivity index (χ0v) is 25.5. The molecule has 0 radical (unpaired) electrons. The number of aliphatic hydroxyl groups is 1. The Labute approximate surface area is 248 Å². The number of methoxy groups -OCH3 is 2. The van der Waals surface area contributed by atoms with Crippen LogP contribution in [0.4, 0.5) is 0 Å². The monoisotopic (exact) mass is 593 g/mol. The van der Waals surface area contributed by atoms with Crippen LogP contribution in [0.5, 0.6) is 0 Å². The Morgan fingerprint density at radius 1 is 1.19 bits per heavy atom. The molecule has 3 aliphatic heterocycles. The van der Waals surface area contributed by atoms with Crippen molar-refractivity contribution in [2.45, 2.75) is 102 Å². The van der Waals surface area contributed by atoms with E-state index in [1.54, 1.807) is 13.2 Å². The van der Waals surface area contributed by atoms with E-state index in [-0.39, 0.29) is 49.0 Å². The lowest BCUT2D eigenvalue weighted by molar-refractivity contribution is -0.306. The van der Waals surface area contributed by atoms with E-state index in [1.807, 2.05) is 32.1 Å². The van der Waals surface area contributed by atoms with Gasteiger partial charge in [-0.2, -0.15) is 0 Å². The second-order valence-corrected chi connectivity index (χ2v) is 11.9. The van der Waals surface area contributed by atoms with Crippen molar-refractivity contribution in [1.29, 1.82) is 0 Å². The van der Waals surface area contributed by atoms with Crippen LogP contribution >= 0.6 is 0 Å². The molecule has 0 bridgehead atoms. The predicted octanol–water partition coefficient (Wildman–Crippen LogP) is 3.24. The number of hydrogen-bond donors (Lipinski definition) is 3. The molecular formula is C31H47NO10. The fourth-order valence-corrected chi connectivity index (χ4v) is 5.59. The van der Waals surface area contributed by atoms with Crippen LogP contribution in [-0.4, -0.2) is 91.7 Å². The Morgan fingerprint density at radius 3 is 2.57 bits per heavy atom. The van der Waals surface area contributed by atoms with Crippen molar-refractivity contribution >= 4 is 11.9 Å². The lowest BCUT2D eigenvalue weighted by Crippen LogP contribution is -2.65. The van der Waals surface area contributed by atoms with Crippen molar-refractivity contribution < 1.29 is 48.2 Å². The Kier molecular flexibility index (Phi) is 12.1. The Morgan fingerprint density at radius 2 is 1.93 bits per heavy atom. The number of fused-ring (bicyclic) bond motifs is 1. The summed E-state index contributed by atoms with van der Waals surface area (Å²) < 4.78 is 35.5. The van der Waals surface area contributed by atoms with Gasteiger partial charge in [0.05, 0.1) is 24.4 Å². The van der Waals surface area contributed by atoms with E-state index in [9.17, 15) is 14.7 Å². The first-order valence-electron chi connectivity index (χ1n) is 14.4. The molecule has 9 atom stereocenters. The third kappa shape index (κ3) is 8.37. The van der Waals surface area contributed by atoms with Crippen LogP contribution in [0.15, 0.2) is 48.6 Å². The molecule has 0 spiro atoms. The van der Waals surface area contributed by atoms with Crippen molar-refractivity contribution in [2.75, 3.05) is 21.0 Å². The molecule has 11 heteroatoms. The third-order valence-electron chi connectivity index (χ3n) is 8.47. The number of aliphatic hydroxyl groups excluding tert-OH is 1. The van der Waals surface area contributed by atoms with Crippen molar-refractivity contribution in [3.8, 4) is 0 Å². The first kappa shape index (κ1) is 34.1. The van der Waals surface area contributed by atoms with E-state index in [1.165, 1.54) is 13.2 Å². The number of carboxylic acids is 1. The molecule has 0 aromatic heterocycles. The number of allylic oxidation sites excluding steroid dienone is 4. The predicted molar refractivity (Wildman–Crippen MR) is 154 cm³/mol. The van der Waals surface area contributed by atoms with Crippen molar-refractivity contribution in [1.82, 2.24) is 5.32 Å². The molecule has 0 aliphatic carbocycles. The highest BCUT2D eigenvalue weighted by molar-refractivity contribution is 5.82. The molecule has 3 fully saturated rings. The van der Waals surface area contributed by atoms with Crippen LogP contribution in [0.25, 0.3) is 0 Å². The van der Waals surface area contributed by atoms with E-state index in [0.29, 0.717) is 19.3 Å². The zero-order valence-electron chi connectivity index (χ0n) is 25.5. The van der Waals surface area contributed by atoms with Gasteiger partial charge in [-0.05, 0) is 25.2 Å². The molecule has 1 unspecified atom stereocenters. The van der Waals surface area contributed by atoms with Gasteiger partial charge in [0.15, 0.2) is 12.3 Å². The molecule has 236 valence electrons. The van der Waals surface area contributed by atoms with Gasteiger partial charge >= 0.3 is 5.97 Å². The molecule has 1 amide bonds. The first-order chi connectivity index (χ1) is 19.8. The van der Waals surface area contributed by atoms with E-state index < -0.39 is 36.1 Å². The summed E-state index contributed by atoms with van der Waals surface area (Å²) in [7, 11) is 3.03. The van der Waals surface area contributed by atoms with Crippen LogP contribution in [-0.2, 0) is 38.0 Å². The highest BCUT2D eigenvalue weighted by Crippen LogP contribution is 2.42. The van der Waals surface area contributed by atoms with E-state index in [0.717, 1.165) is 11.6 Å². The van der Waals surface area contributed by atoms with Gasteiger partial charge in [0.1, 0.15) is 12.9 Å². The van der Waals surface area contributed by atoms with Gasteiger partial charge in [-0.15, -0.1) is 0 Å². The topological polar surface area (TPSA) is 142 Å². The minimum absolute atomic E-state index is 0.0256. The van der Waals surface area contributed by atoms with Gasteiger partial charge in [-0.3, -0.25) is 4.79 Å². The van der Waals surface area contributed by atoms with Gasteiger partial charge in [-0.25, -0.2) is 4.79 Å². The minimum atomic E-state index is -1.63. The summed E-state index contributed by atoms with van der Waals surface area (Å²) in [5, 5.41) is 22.6. The van der Waals surface area contributed by atoms with Crippen molar-refractivity contribution in [2.24, 2.45) is 11.3 Å². The molecular weight excluding hydrogens is 546 g/mol. The van der Waals surface area contributed by atoms with Crippen molar-refractivity contribution in [3.05, 3.63) is 48.6 Å². The van der Waals surface area contributed by atoms with Gasteiger partial charge < -0.3 is 44.0 Å². The highest BCUT2D eigenvalue weighted by Gasteiger charge is 2.53. The number of carbonyl (C=O) groups excluding carboxylic acids is 1. The molecule has 3 N–H and O–H groups in total. The van der Waals surface area contributed by atoms with Gasteiger partial charge in [-0.1, -0.05) is 63.3 Å². The van der Waals surface area contributed by atoms with Gasteiger partial charge in [0, 0.05) is 39.1 Å². The standard InChI is InChI=1S/C31H47NO10/c1-19-16-31(38-7,42-21(3)20(19)2)27(35)28(36)32-29-26-23(39-18-40-29)17-30(4,5)24(41-26)15-22(37-6)13-11-9-8-10-12-14-25(33)34/h8,10-14,20-24,26-27,29,35H,1,9,15-18H2,2-7H3,(H,32,36)(H,33,34)/b10-8+,13-11+,14-12+/t20-,21-,22?,23-,24-,26+,27-,29+,31-/m1/s1. The molecule has 3 rings (SSSR count). The number of rotatable bonds is 12. The zero-order chi connectivity index (χ0) is 31.1. The molecule has 0 aromatic carbocycles. The second-order valence-electron chi connectivity index (χ2n) is 11.9. The van der Waals surface area contributed by atoms with Crippen molar-refractivity contribution in [3.63, 3.8) is 0 Å². The smallest absolute Gasteiger partial charge is 0.328 e. The quantitative estimate of drug-likeness (QED) is 0.175. The fraction of sp³-hybridized carbons (Fsp3) is 0.677. The average molecular weight is 594 g/mol. The normalized spacial score (nSPS) is 34.9. The number of aliphatic carboxylic acids is 1. The summed E-state index contributed by atoms with van der Waals surface area (Å²) >= 11 is 0. The van der Waals surface area contributed by atoms with Crippen LogP contribution in [0, 0.1) is 11.3 Å². The SMILES string of the molecule is C=C1C[C@](OC)([C@H](O)C(=O)N[C@H]2OCO[C@@H]3CC(C)(C)[C@@H](CC(/C=C/C/C=C/C=C/C(=O)O)OC)O[C@@H]32)O[C@H](C)[C@@H]1C.